The zero-order valence-electron chi connectivity index (χ0n) is 10.9. The fraction of sp³-hybridized carbons (Fsp3) is 0.857. The third-order valence-corrected chi connectivity index (χ3v) is 3.56. The third-order valence-electron chi connectivity index (χ3n) is 3.56. The Morgan fingerprint density at radius 2 is 2.13 bits per heavy atom. The van der Waals surface area contributed by atoms with Crippen molar-refractivity contribution in [3.63, 3.8) is 0 Å². The molecular formula is C14H27N. The topological polar surface area (TPSA) is 3.24 Å². The summed E-state index contributed by atoms with van der Waals surface area (Å²) in [7, 11) is 2.24. The van der Waals surface area contributed by atoms with E-state index in [9.17, 15) is 0 Å². The summed E-state index contributed by atoms with van der Waals surface area (Å²) >= 11 is 0. The first-order chi connectivity index (χ1) is 7.11. The molecule has 0 radical (unpaired) electrons. The van der Waals surface area contributed by atoms with Gasteiger partial charge in [0.2, 0.25) is 0 Å². The second kappa shape index (κ2) is 6.32. The summed E-state index contributed by atoms with van der Waals surface area (Å²) in [5.74, 6) is 1.69. The molecule has 1 nitrogen and oxygen atoms in total. The van der Waals surface area contributed by atoms with Crippen LogP contribution in [0.1, 0.15) is 46.5 Å². The number of hydrogen-bond acceptors (Lipinski definition) is 1. The molecule has 1 aliphatic carbocycles. The SMILES string of the molecule is CCN(C)CC1CCCC(C)/C=C(/C)C1. The summed E-state index contributed by atoms with van der Waals surface area (Å²) in [6.45, 7) is 9.35. The van der Waals surface area contributed by atoms with Gasteiger partial charge in [0, 0.05) is 6.54 Å². The van der Waals surface area contributed by atoms with Gasteiger partial charge in [-0.1, -0.05) is 31.9 Å². The van der Waals surface area contributed by atoms with Crippen LogP contribution in [-0.2, 0) is 0 Å². The third kappa shape index (κ3) is 4.83. The predicted octanol–water partition coefficient (Wildman–Crippen LogP) is 3.71. The Kier molecular flexibility index (Phi) is 5.38. The van der Waals surface area contributed by atoms with E-state index < -0.39 is 0 Å². The standard InChI is InChI=1S/C14H27N/c1-5-15(4)11-14-8-6-7-12(2)9-13(3)10-14/h9,12,14H,5-8,10-11H2,1-4H3/b13-9-. The van der Waals surface area contributed by atoms with Crippen molar-refractivity contribution in [3.8, 4) is 0 Å². The van der Waals surface area contributed by atoms with Gasteiger partial charge in [0.05, 0.1) is 0 Å². The van der Waals surface area contributed by atoms with E-state index in [1.165, 1.54) is 38.8 Å². The zero-order chi connectivity index (χ0) is 11.3. The summed E-state index contributed by atoms with van der Waals surface area (Å²) in [6, 6.07) is 0. The Morgan fingerprint density at radius 3 is 2.80 bits per heavy atom. The van der Waals surface area contributed by atoms with E-state index >= 15 is 0 Å². The van der Waals surface area contributed by atoms with E-state index in [4.69, 9.17) is 0 Å². The predicted molar refractivity (Wildman–Crippen MR) is 68.1 cm³/mol. The van der Waals surface area contributed by atoms with Crippen LogP contribution in [0, 0.1) is 11.8 Å². The summed E-state index contributed by atoms with van der Waals surface area (Å²) in [4.78, 5) is 2.45. The second-order valence-corrected chi connectivity index (χ2v) is 5.35. The molecule has 0 fully saturated rings. The van der Waals surface area contributed by atoms with E-state index in [0.717, 1.165) is 11.8 Å². The highest BCUT2D eigenvalue weighted by Gasteiger charge is 2.15. The normalized spacial score (nSPS) is 31.9. The van der Waals surface area contributed by atoms with Gasteiger partial charge < -0.3 is 4.90 Å². The minimum atomic E-state index is 0.801. The van der Waals surface area contributed by atoms with Crippen LogP contribution >= 0.6 is 0 Å². The quantitative estimate of drug-likeness (QED) is 0.640. The monoisotopic (exact) mass is 209 g/mol. The van der Waals surface area contributed by atoms with E-state index in [2.05, 4.69) is 38.8 Å². The van der Waals surface area contributed by atoms with E-state index in [1.807, 2.05) is 0 Å². The fourth-order valence-corrected chi connectivity index (χ4v) is 2.65. The lowest BCUT2D eigenvalue weighted by molar-refractivity contribution is 0.268. The highest BCUT2D eigenvalue weighted by atomic mass is 15.1. The molecule has 15 heavy (non-hydrogen) atoms. The van der Waals surface area contributed by atoms with Gasteiger partial charge >= 0.3 is 0 Å². The number of rotatable bonds is 3. The van der Waals surface area contributed by atoms with E-state index in [0.29, 0.717) is 0 Å². The Labute approximate surface area is 95.5 Å². The largest absolute Gasteiger partial charge is 0.306 e. The molecule has 0 aliphatic heterocycles. The van der Waals surface area contributed by atoms with Gasteiger partial charge in [-0.3, -0.25) is 0 Å². The van der Waals surface area contributed by atoms with Crippen molar-refractivity contribution in [2.24, 2.45) is 11.8 Å². The van der Waals surface area contributed by atoms with Gasteiger partial charge in [0.15, 0.2) is 0 Å². The van der Waals surface area contributed by atoms with E-state index in [-0.39, 0.29) is 0 Å². The number of nitrogens with zero attached hydrogens (tertiary/aromatic N) is 1. The maximum Gasteiger partial charge on any atom is 0.000955 e. The Morgan fingerprint density at radius 1 is 1.40 bits per heavy atom. The van der Waals surface area contributed by atoms with Crippen LogP contribution < -0.4 is 0 Å². The lowest BCUT2D eigenvalue weighted by Crippen LogP contribution is -2.26. The molecule has 0 heterocycles. The Balaban J connectivity index is 2.49. The van der Waals surface area contributed by atoms with Crippen molar-refractivity contribution in [1.29, 1.82) is 0 Å². The first kappa shape index (κ1) is 12.8. The zero-order valence-corrected chi connectivity index (χ0v) is 10.9. The molecule has 0 bridgehead atoms. The van der Waals surface area contributed by atoms with Crippen LogP contribution in [0.2, 0.25) is 0 Å². The molecule has 1 aliphatic rings. The lowest BCUT2D eigenvalue weighted by Gasteiger charge is -2.25. The Hall–Kier alpha value is -0.300. The van der Waals surface area contributed by atoms with Gasteiger partial charge in [-0.15, -0.1) is 0 Å². The van der Waals surface area contributed by atoms with Gasteiger partial charge in [0.25, 0.3) is 0 Å². The molecule has 0 spiro atoms. The van der Waals surface area contributed by atoms with Crippen LogP contribution in [0.15, 0.2) is 11.6 Å². The highest BCUT2D eigenvalue weighted by Crippen LogP contribution is 2.25. The molecule has 0 amide bonds. The van der Waals surface area contributed by atoms with Crippen molar-refractivity contribution >= 4 is 0 Å². The summed E-state index contributed by atoms with van der Waals surface area (Å²) in [5.41, 5.74) is 1.61. The molecule has 0 aromatic carbocycles. The van der Waals surface area contributed by atoms with Crippen LogP contribution in [0.5, 0.6) is 0 Å². The van der Waals surface area contributed by atoms with Crippen molar-refractivity contribution in [2.75, 3.05) is 20.1 Å². The van der Waals surface area contributed by atoms with Gasteiger partial charge in [-0.25, -0.2) is 0 Å². The average Bonchev–Trinajstić information content (AvgIpc) is 2.14. The van der Waals surface area contributed by atoms with Crippen molar-refractivity contribution in [3.05, 3.63) is 11.6 Å². The van der Waals surface area contributed by atoms with Crippen LogP contribution in [0.4, 0.5) is 0 Å². The molecular weight excluding hydrogens is 182 g/mol. The smallest absolute Gasteiger partial charge is 0.000955 e. The number of allylic oxidation sites excluding steroid dienone is 2. The molecule has 0 N–H and O–H groups in total. The van der Waals surface area contributed by atoms with Gasteiger partial charge in [-0.05, 0) is 51.6 Å². The summed E-state index contributed by atoms with van der Waals surface area (Å²) in [6.07, 6.45) is 8.00. The molecule has 2 unspecified atom stereocenters. The molecule has 88 valence electrons. The van der Waals surface area contributed by atoms with Gasteiger partial charge in [0.1, 0.15) is 0 Å². The van der Waals surface area contributed by atoms with Gasteiger partial charge in [-0.2, -0.15) is 0 Å². The van der Waals surface area contributed by atoms with Crippen LogP contribution in [0.3, 0.4) is 0 Å². The van der Waals surface area contributed by atoms with Crippen molar-refractivity contribution in [1.82, 2.24) is 4.90 Å². The fourth-order valence-electron chi connectivity index (χ4n) is 2.65. The minimum absolute atomic E-state index is 0.801. The molecule has 1 rings (SSSR count). The molecule has 0 saturated carbocycles. The van der Waals surface area contributed by atoms with Crippen LogP contribution in [-0.4, -0.2) is 25.0 Å². The van der Waals surface area contributed by atoms with E-state index in [1.54, 1.807) is 5.57 Å². The Bertz CT molecular complexity index is 207. The van der Waals surface area contributed by atoms with Crippen molar-refractivity contribution in [2.45, 2.75) is 46.5 Å². The number of hydrogen-bond donors (Lipinski definition) is 0. The first-order valence-electron chi connectivity index (χ1n) is 6.47. The maximum absolute atomic E-state index is 2.48. The molecule has 1 heteroatoms. The highest BCUT2D eigenvalue weighted by molar-refractivity contribution is 5.03. The summed E-state index contributed by atoms with van der Waals surface area (Å²) in [5, 5.41) is 0. The molecule has 2 atom stereocenters. The maximum atomic E-state index is 2.48. The first-order valence-corrected chi connectivity index (χ1v) is 6.47. The molecule has 0 saturated heterocycles. The molecule has 0 aromatic rings. The average molecular weight is 209 g/mol. The molecule has 0 aromatic heterocycles. The van der Waals surface area contributed by atoms with Crippen molar-refractivity contribution < 1.29 is 0 Å². The minimum Gasteiger partial charge on any atom is -0.306 e. The lowest BCUT2D eigenvalue weighted by atomic mass is 9.87. The van der Waals surface area contributed by atoms with Crippen LogP contribution in [0.25, 0.3) is 0 Å². The second-order valence-electron chi connectivity index (χ2n) is 5.35. The summed E-state index contributed by atoms with van der Waals surface area (Å²) < 4.78 is 0.